The first kappa shape index (κ1) is 24.8. The molecule has 2 rings (SSSR count). The van der Waals surface area contributed by atoms with E-state index in [1.807, 2.05) is 19.2 Å². The maximum atomic E-state index is 12.3. The fourth-order valence-corrected chi connectivity index (χ4v) is 4.40. The summed E-state index contributed by atoms with van der Waals surface area (Å²) in [6, 6.07) is 3.60. The minimum atomic E-state index is -0.383. The zero-order valence-corrected chi connectivity index (χ0v) is 19.7. The lowest BCUT2D eigenvalue weighted by Crippen LogP contribution is -2.52. The number of allylic oxidation sites excluding steroid dienone is 1. The predicted octanol–water partition coefficient (Wildman–Crippen LogP) is 2.52. The molecule has 0 aromatic carbocycles. The lowest BCUT2D eigenvalue weighted by Gasteiger charge is -2.44. The average Bonchev–Trinajstić information content (AvgIpc) is 2.78. The quantitative estimate of drug-likeness (QED) is 0.291. The van der Waals surface area contributed by atoms with E-state index in [9.17, 15) is 9.59 Å². The monoisotopic (exact) mass is 462 g/mol. The topological polar surface area (TPSA) is 90.3 Å². The Bertz CT molecular complexity index is 932. The van der Waals surface area contributed by atoms with Gasteiger partial charge in [-0.25, -0.2) is 9.29 Å². The molecule has 0 bridgehead atoms. The Morgan fingerprint density at radius 3 is 2.65 bits per heavy atom. The summed E-state index contributed by atoms with van der Waals surface area (Å²) in [4.78, 5) is 38.5. The van der Waals surface area contributed by atoms with E-state index in [-0.39, 0.29) is 34.7 Å². The standard InChI is InChI=1S/C21H27ClN6O2S/c1-7-20(29)27-12-18(28(31-6)11-13(27)2)14-8-16(26-19(22)9-14)15(23-3)10-17(24-4)21(30)25-5/h7-10,13,18H,1,4,11-12H2,2-3,5-6H3,(H,25,30)/b17-10-,23-15?/t13-,18?/m0/s1. The predicted molar refractivity (Wildman–Crippen MR) is 128 cm³/mol. The molecule has 0 radical (unpaired) electrons. The van der Waals surface area contributed by atoms with Crippen LogP contribution in [-0.4, -0.2) is 77.9 Å². The van der Waals surface area contributed by atoms with Crippen molar-refractivity contribution in [3.05, 3.63) is 53.0 Å². The van der Waals surface area contributed by atoms with Crippen LogP contribution in [0.3, 0.4) is 0 Å². The van der Waals surface area contributed by atoms with Gasteiger partial charge in [0.25, 0.3) is 5.91 Å². The normalized spacial score (nSPS) is 20.4. The van der Waals surface area contributed by atoms with Crippen LogP contribution in [0.25, 0.3) is 0 Å². The molecule has 2 atom stereocenters. The molecule has 0 aliphatic carbocycles. The van der Waals surface area contributed by atoms with Gasteiger partial charge in [0.1, 0.15) is 10.9 Å². The van der Waals surface area contributed by atoms with Gasteiger partial charge in [-0.05, 0) is 49.7 Å². The largest absolute Gasteiger partial charge is 0.354 e. The number of nitrogens with zero attached hydrogens (tertiary/aromatic N) is 5. The maximum Gasteiger partial charge on any atom is 0.269 e. The Hall–Kier alpha value is -2.49. The number of piperazine rings is 1. The Balaban J connectivity index is 2.50. The van der Waals surface area contributed by atoms with Gasteiger partial charge < -0.3 is 10.2 Å². The van der Waals surface area contributed by atoms with Crippen molar-refractivity contribution in [1.29, 1.82) is 0 Å². The fraction of sp³-hybridized carbons (Fsp3) is 0.381. The zero-order chi connectivity index (χ0) is 23.1. The Kier molecular flexibility index (Phi) is 8.97. The van der Waals surface area contributed by atoms with Crippen molar-refractivity contribution in [3.8, 4) is 0 Å². The Morgan fingerprint density at radius 2 is 2.10 bits per heavy atom. The third kappa shape index (κ3) is 5.81. The van der Waals surface area contributed by atoms with Crippen LogP contribution in [0.4, 0.5) is 0 Å². The number of aliphatic imine (C=N–C) groups is 2. The van der Waals surface area contributed by atoms with Crippen molar-refractivity contribution in [2.45, 2.75) is 19.0 Å². The highest BCUT2D eigenvalue weighted by Crippen LogP contribution is 2.33. The molecule has 0 spiro atoms. The maximum absolute atomic E-state index is 12.3. The van der Waals surface area contributed by atoms with Crippen LogP contribution in [0.1, 0.15) is 24.2 Å². The van der Waals surface area contributed by atoms with E-state index in [2.05, 4.69) is 37.9 Å². The summed E-state index contributed by atoms with van der Waals surface area (Å²) in [5.41, 5.74) is 1.94. The number of aromatic nitrogens is 1. The van der Waals surface area contributed by atoms with Gasteiger partial charge >= 0.3 is 0 Å². The van der Waals surface area contributed by atoms with Crippen LogP contribution in [0, 0.1) is 0 Å². The number of nitrogens with one attached hydrogen (secondary N) is 1. The number of hydrogen-bond acceptors (Lipinski definition) is 7. The molecule has 166 valence electrons. The molecular formula is C21H27ClN6O2S. The second kappa shape index (κ2) is 11.2. The number of carbonyl (C=O) groups excluding carboxylic acids is 2. The molecule has 31 heavy (non-hydrogen) atoms. The Morgan fingerprint density at radius 1 is 1.39 bits per heavy atom. The van der Waals surface area contributed by atoms with Gasteiger partial charge in [0, 0.05) is 33.2 Å². The molecule has 1 saturated heterocycles. The second-order valence-corrected chi connectivity index (χ2v) is 8.05. The van der Waals surface area contributed by atoms with Gasteiger partial charge in [-0.3, -0.25) is 19.6 Å². The summed E-state index contributed by atoms with van der Waals surface area (Å²) < 4.78 is 2.22. The third-order valence-corrected chi connectivity index (χ3v) is 6.06. The highest BCUT2D eigenvalue weighted by atomic mass is 35.5. The van der Waals surface area contributed by atoms with E-state index < -0.39 is 0 Å². The van der Waals surface area contributed by atoms with Gasteiger partial charge in [0.05, 0.1) is 17.4 Å². The molecule has 1 aliphatic rings. The number of halogens is 1. The van der Waals surface area contributed by atoms with E-state index >= 15 is 0 Å². The zero-order valence-electron chi connectivity index (χ0n) is 18.1. The van der Waals surface area contributed by atoms with Gasteiger partial charge in [0.15, 0.2) is 0 Å². The van der Waals surface area contributed by atoms with Crippen LogP contribution in [0.5, 0.6) is 0 Å². The van der Waals surface area contributed by atoms with Crippen LogP contribution >= 0.6 is 23.5 Å². The highest BCUT2D eigenvalue weighted by Gasteiger charge is 2.34. The minimum Gasteiger partial charge on any atom is -0.354 e. The number of hydrogen-bond donors (Lipinski definition) is 1. The van der Waals surface area contributed by atoms with E-state index in [0.717, 1.165) is 5.56 Å². The van der Waals surface area contributed by atoms with Gasteiger partial charge in [-0.15, -0.1) is 0 Å². The van der Waals surface area contributed by atoms with E-state index in [1.54, 1.807) is 30.0 Å². The van der Waals surface area contributed by atoms with E-state index in [0.29, 0.717) is 24.5 Å². The van der Waals surface area contributed by atoms with E-state index in [1.165, 1.54) is 19.2 Å². The summed E-state index contributed by atoms with van der Waals surface area (Å²) in [6.45, 7) is 10.3. The van der Waals surface area contributed by atoms with Crippen LogP contribution < -0.4 is 5.32 Å². The van der Waals surface area contributed by atoms with Gasteiger partial charge in [-0.2, -0.15) is 0 Å². The smallest absolute Gasteiger partial charge is 0.269 e. The molecule has 8 nitrogen and oxygen atoms in total. The lowest BCUT2D eigenvalue weighted by atomic mass is 10.0. The fourth-order valence-electron chi connectivity index (χ4n) is 3.38. The molecule has 1 N–H and O–H groups in total. The van der Waals surface area contributed by atoms with Crippen molar-refractivity contribution < 1.29 is 9.59 Å². The number of carbonyl (C=O) groups is 2. The van der Waals surface area contributed by atoms with Crippen LogP contribution in [-0.2, 0) is 9.59 Å². The summed E-state index contributed by atoms with van der Waals surface area (Å²) in [7, 11) is 3.11. The molecule has 2 amide bonds. The first-order chi connectivity index (χ1) is 14.8. The molecule has 0 saturated carbocycles. The van der Waals surface area contributed by atoms with E-state index in [4.69, 9.17) is 11.6 Å². The average molecular weight is 463 g/mol. The molecule has 2 heterocycles. The molecule has 10 heteroatoms. The van der Waals surface area contributed by atoms with Crippen LogP contribution in [0.2, 0.25) is 5.15 Å². The third-order valence-electron chi connectivity index (χ3n) is 4.99. The Labute approximate surface area is 192 Å². The molecule has 1 fully saturated rings. The van der Waals surface area contributed by atoms with Crippen molar-refractivity contribution in [2.24, 2.45) is 9.98 Å². The summed E-state index contributed by atoms with van der Waals surface area (Å²) >= 11 is 7.96. The van der Waals surface area contributed by atoms with Gasteiger partial charge in [-0.1, -0.05) is 30.1 Å². The van der Waals surface area contributed by atoms with Crippen molar-refractivity contribution >= 4 is 47.8 Å². The van der Waals surface area contributed by atoms with Crippen molar-refractivity contribution in [1.82, 2.24) is 19.5 Å². The number of rotatable bonds is 7. The molecule has 1 aliphatic heterocycles. The minimum absolute atomic E-state index is 0.0514. The number of amides is 2. The number of likely N-dealkylation sites (N-methyl/N-ethyl adjacent to an activating group) is 1. The number of pyridine rings is 1. The molecule has 1 aromatic rings. The van der Waals surface area contributed by atoms with Crippen molar-refractivity contribution in [2.75, 3.05) is 33.4 Å². The summed E-state index contributed by atoms with van der Waals surface area (Å²) in [6.07, 6.45) is 4.85. The van der Waals surface area contributed by atoms with Gasteiger partial charge in [0.2, 0.25) is 5.91 Å². The summed E-state index contributed by atoms with van der Waals surface area (Å²) in [5, 5.41) is 2.80. The highest BCUT2D eigenvalue weighted by molar-refractivity contribution is 7.96. The second-order valence-electron chi connectivity index (χ2n) is 6.83. The molecule has 1 unspecified atom stereocenters. The van der Waals surface area contributed by atoms with Crippen molar-refractivity contribution in [3.63, 3.8) is 0 Å². The lowest BCUT2D eigenvalue weighted by molar-refractivity contribution is -0.130. The first-order valence-corrected chi connectivity index (χ1v) is 11.1. The molecule has 1 aromatic heterocycles. The summed E-state index contributed by atoms with van der Waals surface area (Å²) in [5.74, 6) is -0.489. The first-order valence-electron chi connectivity index (χ1n) is 9.58. The SMILES string of the molecule is C=CC(=O)N1CC(c2cc(Cl)nc(C(/C=C(\N=C)C(=O)NC)=NC)c2)N(SC)C[C@@H]1C. The molecular weight excluding hydrogens is 436 g/mol. The van der Waals surface area contributed by atoms with Crippen LogP contribution in [0.15, 0.2) is 46.5 Å².